The van der Waals surface area contributed by atoms with Gasteiger partial charge in [0.25, 0.3) is 11.4 Å². The van der Waals surface area contributed by atoms with Gasteiger partial charge in [-0.3, -0.25) is 25.0 Å². The van der Waals surface area contributed by atoms with Crippen LogP contribution in [0.15, 0.2) is 18.2 Å². The van der Waals surface area contributed by atoms with Gasteiger partial charge in [-0.1, -0.05) is 6.92 Å². The number of nitrogens with zero attached hydrogens (tertiary/aromatic N) is 3. The Kier molecular flexibility index (Phi) is 3.64. The lowest BCUT2D eigenvalue weighted by Gasteiger charge is -2.31. The lowest BCUT2D eigenvalue weighted by atomic mass is 9.98. The Labute approximate surface area is 114 Å². The number of rotatable bonds is 3. The number of hydrogen-bond donors (Lipinski definition) is 0. The van der Waals surface area contributed by atoms with E-state index in [1.54, 1.807) is 11.8 Å². The number of nitro benzene ring substituents is 2. The zero-order valence-electron chi connectivity index (χ0n) is 10.8. The number of anilines is 1. The molecule has 0 bridgehead atoms. The van der Waals surface area contributed by atoms with E-state index < -0.39 is 9.85 Å². The summed E-state index contributed by atoms with van der Waals surface area (Å²) in [6.45, 7) is 2.55. The third-order valence-corrected chi connectivity index (χ3v) is 3.38. The number of Topliss-reactive ketones (excluding diaryl/α,β-unsaturated/α-hetero) is 1. The highest BCUT2D eigenvalue weighted by molar-refractivity contribution is 5.84. The molecule has 1 heterocycles. The molecule has 0 saturated carbocycles. The van der Waals surface area contributed by atoms with Crippen molar-refractivity contribution in [1.29, 1.82) is 0 Å². The van der Waals surface area contributed by atoms with Crippen LogP contribution in [-0.2, 0) is 4.79 Å². The van der Waals surface area contributed by atoms with Crippen LogP contribution in [0.4, 0.5) is 17.1 Å². The second-order valence-electron chi connectivity index (χ2n) is 4.75. The highest BCUT2D eigenvalue weighted by Crippen LogP contribution is 2.33. The van der Waals surface area contributed by atoms with Gasteiger partial charge in [0.1, 0.15) is 11.5 Å². The first-order valence-electron chi connectivity index (χ1n) is 6.10. The molecule has 1 aromatic carbocycles. The van der Waals surface area contributed by atoms with Crippen LogP contribution in [-0.4, -0.2) is 28.7 Å². The predicted molar refractivity (Wildman–Crippen MR) is 70.8 cm³/mol. The minimum Gasteiger partial charge on any atom is -0.365 e. The third kappa shape index (κ3) is 2.58. The van der Waals surface area contributed by atoms with Gasteiger partial charge in [0.2, 0.25) is 0 Å². The average molecular weight is 279 g/mol. The number of hydrogen-bond acceptors (Lipinski definition) is 6. The molecule has 0 aromatic heterocycles. The van der Waals surface area contributed by atoms with Crippen molar-refractivity contribution in [3.05, 3.63) is 38.4 Å². The van der Waals surface area contributed by atoms with Crippen molar-refractivity contribution in [3.8, 4) is 0 Å². The van der Waals surface area contributed by atoms with Gasteiger partial charge in [-0.2, -0.15) is 0 Å². The first-order chi connectivity index (χ1) is 9.40. The van der Waals surface area contributed by atoms with Gasteiger partial charge in [0, 0.05) is 31.5 Å². The Morgan fingerprint density at radius 1 is 1.25 bits per heavy atom. The number of carbonyl (C=O) groups excluding carboxylic acids is 1. The van der Waals surface area contributed by atoms with E-state index in [1.807, 2.05) is 0 Å². The van der Waals surface area contributed by atoms with Crippen molar-refractivity contribution < 1.29 is 14.6 Å². The fourth-order valence-electron chi connectivity index (χ4n) is 2.27. The monoisotopic (exact) mass is 279 g/mol. The van der Waals surface area contributed by atoms with Crippen molar-refractivity contribution in [3.63, 3.8) is 0 Å². The van der Waals surface area contributed by atoms with Crippen LogP contribution in [0.3, 0.4) is 0 Å². The van der Waals surface area contributed by atoms with Crippen LogP contribution in [0.2, 0.25) is 0 Å². The smallest absolute Gasteiger partial charge is 0.299 e. The maximum atomic E-state index is 11.5. The Balaban J connectivity index is 2.38. The van der Waals surface area contributed by atoms with Crippen molar-refractivity contribution in [2.45, 2.75) is 13.3 Å². The molecule has 0 N–H and O–H groups in total. The van der Waals surface area contributed by atoms with Gasteiger partial charge in [-0.15, -0.1) is 0 Å². The fourth-order valence-corrected chi connectivity index (χ4v) is 2.27. The van der Waals surface area contributed by atoms with Crippen LogP contribution in [0.1, 0.15) is 13.3 Å². The minimum atomic E-state index is -0.668. The summed E-state index contributed by atoms with van der Waals surface area (Å²) in [6, 6.07) is 3.57. The third-order valence-electron chi connectivity index (χ3n) is 3.38. The zero-order valence-corrected chi connectivity index (χ0v) is 10.8. The molecule has 0 amide bonds. The predicted octanol–water partition coefficient (Wildman–Crippen LogP) is 1.92. The minimum absolute atomic E-state index is 0.130. The van der Waals surface area contributed by atoms with E-state index in [4.69, 9.17) is 0 Å². The normalized spacial score (nSPS) is 18.9. The van der Waals surface area contributed by atoms with Crippen molar-refractivity contribution in [1.82, 2.24) is 0 Å². The van der Waals surface area contributed by atoms with E-state index in [9.17, 15) is 25.0 Å². The first kappa shape index (κ1) is 13.9. The van der Waals surface area contributed by atoms with Crippen molar-refractivity contribution in [2.75, 3.05) is 18.0 Å². The Morgan fingerprint density at radius 2 is 1.95 bits per heavy atom. The molecule has 8 heteroatoms. The Bertz CT molecular complexity index is 586. The molecule has 0 spiro atoms. The van der Waals surface area contributed by atoms with Crippen molar-refractivity contribution in [2.24, 2.45) is 5.92 Å². The van der Waals surface area contributed by atoms with Gasteiger partial charge in [-0.25, -0.2) is 0 Å². The number of nitro groups is 2. The highest BCUT2D eigenvalue weighted by atomic mass is 16.6. The quantitative estimate of drug-likeness (QED) is 0.618. The topological polar surface area (TPSA) is 107 Å². The number of non-ortho nitro benzene ring substituents is 1. The summed E-state index contributed by atoms with van der Waals surface area (Å²) in [5, 5.41) is 21.8. The van der Waals surface area contributed by atoms with E-state index in [2.05, 4.69) is 0 Å². The molecule has 1 aliphatic rings. The summed E-state index contributed by atoms with van der Waals surface area (Å²) >= 11 is 0. The molecule has 0 aliphatic carbocycles. The molecule has 8 nitrogen and oxygen atoms in total. The maximum Gasteiger partial charge on any atom is 0.299 e. The van der Waals surface area contributed by atoms with E-state index in [0.717, 1.165) is 6.07 Å². The largest absolute Gasteiger partial charge is 0.365 e. The number of benzene rings is 1. The number of ketones is 1. The Hall–Kier alpha value is -2.51. The van der Waals surface area contributed by atoms with E-state index >= 15 is 0 Å². The molecular weight excluding hydrogens is 266 g/mol. The summed E-state index contributed by atoms with van der Waals surface area (Å²) in [5.41, 5.74) is -0.303. The van der Waals surface area contributed by atoms with Crippen LogP contribution >= 0.6 is 0 Å². The maximum absolute atomic E-state index is 11.5. The SMILES string of the molecule is CC1CN(c2ccc([N+](=O)[O-])cc2[N+](=O)[O-])CCC1=O. The molecular formula is C12H13N3O5. The molecule has 106 valence electrons. The lowest BCUT2D eigenvalue weighted by molar-refractivity contribution is -0.393. The Morgan fingerprint density at radius 3 is 2.50 bits per heavy atom. The summed E-state index contributed by atoms with van der Waals surface area (Å²) < 4.78 is 0. The zero-order chi connectivity index (χ0) is 14.9. The standard InChI is InChI=1S/C12H13N3O5/c1-8-7-13(5-4-12(8)16)10-3-2-9(14(17)18)6-11(10)15(19)20/h2-3,6,8H,4-5,7H2,1H3. The molecule has 1 unspecified atom stereocenters. The van der Waals surface area contributed by atoms with Gasteiger partial charge in [-0.05, 0) is 6.07 Å². The van der Waals surface area contributed by atoms with Gasteiger partial charge in [0.15, 0.2) is 0 Å². The van der Waals surface area contributed by atoms with Crippen molar-refractivity contribution >= 4 is 22.8 Å². The molecule has 1 atom stereocenters. The lowest BCUT2D eigenvalue weighted by Crippen LogP contribution is -2.39. The fraction of sp³-hybridized carbons (Fsp3) is 0.417. The van der Waals surface area contributed by atoms with Crippen LogP contribution < -0.4 is 4.90 Å². The first-order valence-corrected chi connectivity index (χ1v) is 6.10. The molecule has 2 rings (SSSR count). The van der Waals surface area contributed by atoms with Crippen LogP contribution in [0.25, 0.3) is 0 Å². The average Bonchev–Trinajstić information content (AvgIpc) is 2.41. The summed E-state index contributed by atoms with van der Waals surface area (Å²) in [7, 11) is 0. The highest BCUT2D eigenvalue weighted by Gasteiger charge is 2.29. The van der Waals surface area contributed by atoms with Crippen LogP contribution in [0.5, 0.6) is 0 Å². The van der Waals surface area contributed by atoms with E-state index in [1.165, 1.54) is 12.1 Å². The molecule has 1 aromatic rings. The molecule has 1 aliphatic heterocycles. The van der Waals surface area contributed by atoms with Gasteiger partial charge >= 0.3 is 0 Å². The van der Waals surface area contributed by atoms with E-state index in [0.29, 0.717) is 25.2 Å². The van der Waals surface area contributed by atoms with Gasteiger partial charge < -0.3 is 4.90 Å². The second kappa shape index (κ2) is 5.24. The number of piperidine rings is 1. The van der Waals surface area contributed by atoms with E-state index in [-0.39, 0.29) is 23.1 Å². The van der Waals surface area contributed by atoms with Crippen LogP contribution in [0, 0.1) is 26.1 Å². The molecule has 0 radical (unpaired) electrons. The summed E-state index contributed by atoms with van der Waals surface area (Å²) in [5.74, 6) is -0.0654. The molecule has 1 saturated heterocycles. The summed E-state index contributed by atoms with van der Waals surface area (Å²) in [4.78, 5) is 33.7. The summed E-state index contributed by atoms with van der Waals surface area (Å²) in [6.07, 6.45) is 0.329. The second-order valence-corrected chi connectivity index (χ2v) is 4.75. The molecule has 20 heavy (non-hydrogen) atoms. The van der Waals surface area contributed by atoms with Gasteiger partial charge in [0.05, 0.1) is 15.9 Å². The number of carbonyl (C=O) groups is 1. The molecule has 1 fully saturated rings.